The van der Waals surface area contributed by atoms with E-state index in [0.717, 1.165) is 0 Å². The van der Waals surface area contributed by atoms with E-state index in [0.29, 0.717) is 34.1 Å². The van der Waals surface area contributed by atoms with Crippen molar-refractivity contribution in [2.45, 2.75) is 145 Å². The highest BCUT2D eigenvalue weighted by Crippen LogP contribution is 2.22. The number of carbonyl (C=O) groups excluding carboxylic acids is 11. The number of nitrogens with zero attached hydrogens (tertiary/aromatic N) is 5. The standard InChI is InChI=1S/C58H80N20O13/c1-31(2)22-41(51(85)71-40(11-5-19-64-58(60)61)57(91)78-21-7-12-46(78)56(90)66-28-47(59)81)72-49(83)38(10-6-20-68-77-62)70-52(86)42(23-32-13-15-35(80)16-14-32)73-55(89)45(29-79)76-53(87)43(24-33-26-65-37-9-4-3-8-36(33)37)74-54(88)44(25-34-27-63-30-67-34)75-50(84)39-17-18-48(82)69-39/h3-4,8-9,13-16,26-27,30-31,38-46,65,79-80H,5-7,10-12,17-25,28-29H2,1-2H3,(H2,59,81)(H,63,67)(H,66,90)(H,69,82)(H,70,86)(H,71,85)(H,72,83)(H,73,89)(H,74,88)(H,75,84)(H,76,87)(H4,60,61,64)/t38-,39-,40-,41-,42-,43-,44-,45-,46-/m0/s1. The normalized spacial score (nSPS) is 16.7. The molecule has 11 amide bonds. The average Bonchev–Trinajstić information content (AvgIpc) is 2.05. The predicted molar refractivity (Wildman–Crippen MR) is 327 cm³/mol. The number of fused-ring (bicyclic) bond motifs is 1. The molecule has 2 saturated heterocycles. The molecule has 4 heterocycles. The number of aliphatic hydroxyl groups is 1. The SMILES string of the molecule is CC(C)C[C@H](NC(=O)[C@H](CCCN=[N+]=[N-])NC(=O)[C@H](Cc1ccc(O)cc1)NC(=O)[C@H](CO)NC(=O)[C@H](Cc1c[nH]c2ccccc12)NC(=O)[C@H](Cc1c[nH]cn1)NC(=O)[C@@H]1CCC(=O)N1)C(=O)N[C@@H](CCCNC(=N)N)C(=O)N1CCC[C@H]1C(=O)NCC(N)=O. The number of nitrogens with one attached hydrogen (secondary N) is 13. The number of H-pyrrole nitrogens is 2. The molecule has 2 aromatic carbocycles. The highest BCUT2D eigenvalue weighted by molar-refractivity contribution is 6.00. The Bertz CT molecular complexity index is 3280. The van der Waals surface area contributed by atoms with E-state index >= 15 is 0 Å². The lowest BCUT2D eigenvalue weighted by molar-refractivity contribution is -0.142. The van der Waals surface area contributed by atoms with Gasteiger partial charge in [0, 0.05) is 73.5 Å². The Morgan fingerprint density at radius 2 is 1.36 bits per heavy atom. The van der Waals surface area contributed by atoms with Gasteiger partial charge in [0.15, 0.2) is 5.96 Å². The number of hydrogen-bond donors (Lipinski definition) is 17. The summed E-state index contributed by atoms with van der Waals surface area (Å²) in [6, 6.07) is 0.304. The lowest BCUT2D eigenvalue weighted by atomic mass is 10.00. The average molecular weight is 1270 g/mol. The van der Waals surface area contributed by atoms with Crippen molar-refractivity contribution in [3.05, 3.63) is 94.5 Å². The number of primary amides is 1. The van der Waals surface area contributed by atoms with Crippen molar-refractivity contribution < 1.29 is 63.0 Å². The summed E-state index contributed by atoms with van der Waals surface area (Å²) in [6.45, 7) is 2.12. The van der Waals surface area contributed by atoms with E-state index in [1.54, 1.807) is 44.3 Å². The minimum atomic E-state index is -1.81. The Balaban J connectivity index is 1.24. The fraction of sp³-hybridized carbons (Fsp3) is 0.500. The van der Waals surface area contributed by atoms with Crippen molar-refractivity contribution in [3.63, 3.8) is 0 Å². The number of imidazole rings is 1. The number of phenols is 1. The molecule has 33 heteroatoms. The van der Waals surface area contributed by atoms with Crippen LogP contribution in [0.1, 0.15) is 88.5 Å². The van der Waals surface area contributed by atoms with E-state index in [2.05, 4.69) is 78.1 Å². The molecule has 490 valence electrons. The number of aromatic hydroxyl groups is 1. The monoisotopic (exact) mass is 1260 g/mol. The zero-order valence-electron chi connectivity index (χ0n) is 50.4. The van der Waals surface area contributed by atoms with Crippen LogP contribution < -0.4 is 64.6 Å². The maximum Gasteiger partial charge on any atom is 0.245 e. The van der Waals surface area contributed by atoms with Crippen LogP contribution in [0.25, 0.3) is 21.3 Å². The molecule has 91 heavy (non-hydrogen) atoms. The van der Waals surface area contributed by atoms with E-state index < -0.39 is 127 Å². The van der Waals surface area contributed by atoms with E-state index in [1.807, 2.05) is 0 Å². The molecule has 9 atom stereocenters. The smallest absolute Gasteiger partial charge is 0.245 e. The van der Waals surface area contributed by atoms with Gasteiger partial charge in [0.1, 0.15) is 60.1 Å². The number of phenolic OH excluding ortho intramolecular Hbond substituents is 1. The molecule has 33 nitrogen and oxygen atoms in total. The molecule has 2 fully saturated rings. The molecule has 0 unspecified atom stereocenters. The number of aliphatic hydroxyl groups excluding tert-OH is 1. The summed E-state index contributed by atoms with van der Waals surface area (Å²) in [7, 11) is 0. The van der Waals surface area contributed by atoms with Gasteiger partial charge in [-0.2, -0.15) is 0 Å². The lowest BCUT2D eigenvalue weighted by Crippen LogP contribution is -2.61. The number of guanidine groups is 1. The fourth-order valence-corrected chi connectivity index (χ4v) is 10.5. The molecule has 0 spiro atoms. The van der Waals surface area contributed by atoms with Crippen LogP contribution in [0.15, 0.2) is 72.4 Å². The molecule has 0 bridgehead atoms. The third-order valence-electron chi connectivity index (χ3n) is 15.1. The number of aromatic amines is 2. The molecule has 19 N–H and O–H groups in total. The van der Waals surface area contributed by atoms with Crippen molar-refractivity contribution >= 4 is 81.8 Å². The van der Waals surface area contributed by atoms with Crippen molar-refractivity contribution in [3.8, 4) is 5.75 Å². The number of carbonyl (C=O) groups is 11. The molecule has 4 aromatic rings. The van der Waals surface area contributed by atoms with Crippen LogP contribution in [0.2, 0.25) is 0 Å². The van der Waals surface area contributed by atoms with Crippen molar-refractivity contribution in [1.29, 1.82) is 5.41 Å². The number of rotatable bonds is 35. The maximum absolute atomic E-state index is 14.7. The minimum Gasteiger partial charge on any atom is -0.508 e. The van der Waals surface area contributed by atoms with Crippen LogP contribution in [-0.4, -0.2) is 188 Å². The van der Waals surface area contributed by atoms with Crippen LogP contribution in [0.4, 0.5) is 0 Å². The zero-order valence-corrected chi connectivity index (χ0v) is 50.4. The van der Waals surface area contributed by atoms with Crippen LogP contribution >= 0.6 is 0 Å². The molecule has 2 aliphatic heterocycles. The second-order valence-corrected chi connectivity index (χ2v) is 22.6. The van der Waals surface area contributed by atoms with Crippen LogP contribution in [0.3, 0.4) is 0 Å². The Morgan fingerprint density at radius 1 is 0.747 bits per heavy atom. The Morgan fingerprint density at radius 3 is 2.00 bits per heavy atom. The quantitative estimate of drug-likeness (QED) is 0.00556. The summed E-state index contributed by atoms with van der Waals surface area (Å²) in [6.07, 6.45) is 4.75. The Kier molecular flexibility index (Phi) is 26.4. The Hall–Kier alpha value is -10.3. The molecule has 6 rings (SSSR count). The number of para-hydroxylation sites is 1. The summed E-state index contributed by atoms with van der Waals surface area (Å²) < 4.78 is 0. The summed E-state index contributed by atoms with van der Waals surface area (Å²) in [5.41, 5.74) is 21.8. The van der Waals surface area contributed by atoms with Gasteiger partial charge in [0.05, 0.1) is 25.2 Å². The summed E-state index contributed by atoms with van der Waals surface area (Å²) in [4.78, 5) is 166. The highest BCUT2D eigenvalue weighted by Gasteiger charge is 2.40. The number of amides is 11. The summed E-state index contributed by atoms with van der Waals surface area (Å²) in [5.74, 6) is -9.48. The maximum atomic E-state index is 14.7. The van der Waals surface area contributed by atoms with Crippen molar-refractivity contribution in [2.24, 2.45) is 22.5 Å². The van der Waals surface area contributed by atoms with Crippen LogP contribution in [0.5, 0.6) is 5.75 Å². The van der Waals surface area contributed by atoms with Gasteiger partial charge in [-0.1, -0.05) is 49.3 Å². The first-order chi connectivity index (χ1) is 43.5. The van der Waals surface area contributed by atoms with Gasteiger partial charge in [-0.05, 0) is 92.1 Å². The first kappa shape index (κ1) is 69.8. The first-order valence-corrected chi connectivity index (χ1v) is 29.8. The number of aromatic nitrogens is 3. The molecular weight excluding hydrogens is 1180 g/mol. The zero-order chi connectivity index (χ0) is 66.1. The van der Waals surface area contributed by atoms with Gasteiger partial charge in [-0.15, -0.1) is 0 Å². The van der Waals surface area contributed by atoms with Gasteiger partial charge in [-0.25, -0.2) is 4.98 Å². The second-order valence-electron chi connectivity index (χ2n) is 22.6. The minimum absolute atomic E-state index is 0.00469. The van der Waals surface area contributed by atoms with Gasteiger partial charge in [0.25, 0.3) is 0 Å². The van der Waals surface area contributed by atoms with E-state index in [1.165, 1.54) is 41.7 Å². The largest absolute Gasteiger partial charge is 0.508 e. The van der Waals surface area contributed by atoms with Crippen molar-refractivity contribution in [1.82, 2.24) is 73.0 Å². The summed E-state index contributed by atoms with van der Waals surface area (Å²) >= 11 is 0. The molecule has 0 aliphatic carbocycles. The van der Waals surface area contributed by atoms with Crippen LogP contribution in [0, 0.1) is 11.3 Å². The lowest BCUT2D eigenvalue weighted by Gasteiger charge is -2.30. The third kappa shape index (κ3) is 21.5. The molecular formula is C58H80N20O13. The molecule has 0 saturated carbocycles. The molecule has 2 aromatic heterocycles. The van der Waals surface area contributed by atoms with Gasteiger partial charge in [0.2, 0.25) is 65.0 Å². The highest BCUT2D eigenvalue weighted by atomic mass is 16.3. The van der Waals surface area contributed by atoms with Crippen LogP contribution in [-0.2, 0) is 72.0 Å². The van der Waals surface area contributed by atoms with Gasteiger partial charge >= 0.3 is 0 Å². The predicted octanol–water partition coefficient (Wildman–Crippen LogP) is -2.72. The number of hydrogen-bond acceptors (Lipinski definition) is 16. The number of likely N-dealkylation sites (tertiary alicyclic amines) is 1. The van der Waals surface area contributed by atoms with Crippen molar-refractivity contribution in [2.75, 3.05) is 32.8 Å². The topological polar surface area (TPSA) is 521 Å². The number of benzene rings is 2. The second kappa shape index (κ2) is 34.5. The van der Waals surface area contributed by atoms with E-state index in [4.69, 9.17) is 22.4 Å². The molecule has 0 radical (unpaired) electrons. The van der Waals surface area contributed by atoms with Gasteiger partial charge < -0.3 is 89.7 Å². The summed E-state index contributed by atoms with van der Waals surface area (Å²) in [5, 5.41) is 58.8. The van der Waals surface area contributed by atoms with E-state index in [-0.39, 0.29) is 114 Å². The van der Waals surface area contributed by atoms with Gasteiger partial charge in [-0.3, -0.25) is 58.1 Å². The fourth-order valence-electron chi connectivity index (χ4n) is 10.5. The first-order valence-electron chi connectivity index (χ1n) is 29.8. The van der Waals surface area contributed by atoms with E-state index in [9.17, 15) is 63.0 Å². The number of nitrogens with two attached hydrogens (primary N) is 2. The third-order valence-corrected chi connectivity index (χ3v) is 15.1. The Labute approximate surface area is 522 Å². The molecule has 2 aliphatic rings. The number of azide groups is 1.